The van der Waals surface area contributed by atoms with Gasteiger partial charge in [0.25, 0.3) is 0 Å². The summed E-state index contributed by atoms with van der Waals surface area (Å²) in [7, 11) is 1.52. The topological polar surface area (TPSA) is 79.9 Å². The predicted molar refractivity (Wildman–Crippen MR) is 92.8 cm³/mol. The Morgan fingerprint density at radius 2 is 1.58 bits per heavy atom. The van der Waals surface area contributed by atoms with Crippen molar-refractivity contribution >= 4 is 45.8 Å². The summed E-state index contributed by atoms with van der Waals surface area (Å²) in [5, 5.41) is 18.6. The number of ether oxygens (including phenoxy) is 1. The zero-order valence-electron chi connectivity index (χ0n) is 12.1. The molecule has 0 saturated carbocycles. The van der Waals surface area contributed by atoms with Crippen LogP contribution in [-0.4, -0.2) is 17.3 Å². The molecule has 0 unspecified atom stereocenters. The smallest absolute Gasteiger partial charge is 0.215 e. The maximum atomic E-state index is 12.5. The number of benzene rings is 2. The Morgan fingerprint density at radius 3 is 2.17 bits per heavy atom. The molecule has 2 aromatic carbocycles. The van der Waals surface area contributed by atoms with Gasteiger partial charge in [-0.1, -0.05) is 34.8 Å². The molecule has 0 aliphatic carbocycles. The number of aromatic hydroxyl groups is 2. The molecule has 0 fully saturated rings. The third kappa shape index (κ3) is 2.45. The summed E-state index contributed by atoms with van der Waals surface area (Å²) in [6, 6.07) is 6.60. The van der Waals surface area contributed by atoms with Crippen molar-refractivity contribution < 1.29 is 19.4 Å². The van der Waals surface area contributed by atoms with E-state index in [0.717, 1.165) is 0 Å². The first kappa shape index (κ1) is 16.8. The number of hydrogen-bond donors (Lipinski definition) is 2. The van der Waals surface area contributed by atoms with Crippen LogP contribution in [0.2, 0.25) is 15.1 Å². The average molecular weight is 388 g/mol. The molecule has 24 heavy (non-hydrogen) atoms. The normalized spacial score (nSPS) is 11.0. The van der Waals surface area contributed by atoms with Crippen LogP contribution in [0.4, 0.5) is 0 Å². The molecular weight excluding hydrogens is 379 g/mol. The molecule has 3 aromatic rings. The van der Waals surface area contributed by atoms with Crippen molar-refractivity contribution in [2.45, 2.75) is 0 Å². The van der Waals surface area contributed by atoms with Crippen molar-refractivity contribution in [3.8, 4) is 28.6 Å². The molecule has 0 aliphatic heterocycles. The molecule has 0 atom stereocenters. The fourth-order valence-corrected chi connectivity index (χ4v) is 2.94. The van der Waals surface area contributed by atoms with Gasteiger partial charge in [-0.15, -0.1) is 0 Å². The van der Waals surface area contributed by atoms with Crippen molar-refractivity contribution in [3.05, 3.63) is 49.6 Å². The van der Waals surface area contributed by atoms with Gasteiger partial charge in [0.1, 0.15) is 26.2 Å². The zero-order valence-corrected chi connectivity index (χ0v) is 14.3. The molecule has 0 spiro atoms. The number of rotatable bonds is 2. The fraction of sp³-hybridized carbons (Fsp3) is 0.0625. The van der Waals surface area contributed by atoms with E-state index < -0.39 is 22.0 Å². The van der Waals surface area contributed by atoms with Crippen LogP contribution in [0.15, 0.2) is 33.5 Å². The summed E-state index contributed by atoms with van der Waals surface area (Å²) >= 11 is 17.8. The maximum Gasteiger partial charge on any atom is 0.215 e. The van der Waals surface area contributed by atoms with Crippen molar-refractivity contribution in [2.24, 2.45) is 0 Å². The second kappa shape index (κ2) is 6.09. The average Bonchev–Trinajstić information content (AvgIpc) is 2.60. The highest BCUT2D eigenvalue weighted by Crippen LogP contribution is 2.46. The molecule has 3 rings (SSSR count). The van der Waals surface area contributed by atoms with Crippen LogP contribution in [0.3, 0.4) is 0 Å². The lowest BCUT2D eigenvalue weighted by molar-refractivity contribution is 0.415. The van der Waals surface area contributed by atoms with Crippen molar-refractivity contribution in [1.82, 2.24) is 0 Å². The van der Waals surface area contributed by atoms with Gasteiger partial charge in [-0.05, 0) is 24.3 Å². The Labute approximate surface area is 150 Å². The van der Waals surface area contributed by atoms with Gasteiger partial charge in [-0.3, -0.25) is 4.79 Å². The van der Waals surface area contributed by atoms with Crippen LogP contribution < -0.4 is 10.2 Å². The quantitative estimate of drug-likeness (QED) is 0.657. The van der Waals surface area contributed by atoms with E-state index in [1.807, 2.05) is 0 Å². The third-order valence-electron chi connectivity index (χ3n) is 3.47. The van der Waals surface area contributed by atoms with E-state index in [9.17, 15) is 15.0 Å². The van der Waals surface area contributed by atoms with E-state index in [2.05, 4.69) is 0 Å². The first-order valence-electron chi connectivity index (χ1n) is 6.56. The Bertz CT molecular complexity index is 1010. The SMILES string of the molecule is COc1ccc(-c2oc3c(Cl)c(O)c(Cl)c(O)c3c(=O)c2Cl)cc1. The minimum Gasteiger partial charge on any atom is -0.505 e. The van der Waals surface area contributed by atoms with Gasteiger partial charge < -0.3 is 19.4 Å². The number of phenolic OH excluding ortho intramolecular Hbond substituents is 2. The molecule has 0 bridgehead atoms. The van der Waals surface area contributed by atoms with E-state index in [1.165, 1.54) is 7.11 Å². The lowest BCUT2D eigenvalue weighted by Crippen LogP contribution is -2.05. The van der Waals surface area contributed by atoms with E-state index in [0.29, 0.717) is 11.3 Å². The van der Waals surface area contributed by atoms with Crippen molar-refractivity contribution in [3.63, 3.8) is 0 Å². The number of hydrogen-bond acceptors (Lipinski definition) is 5. The zero-order chi connectivity index (χ0) is 17.6. The van der Waals surface area contributed by atoms with Crippen LogP contribution in [0.5, 0.6) is 17.2 Å². The Kier molecular flexibility index (Phi) is 4.25. The van der Waals surface area contributed by atoms with E-state index in [1.54, 1.807) is 24.3 Å². The highest BCUT2D eigenvalue weighted by molar-refractivity contribution is 6.42. The lowest BCUT2D eigenvalue weighted by atomic mass is 10.1. The molecular formula is C16H9Cl3O5. The fourth-order valence-electron chi connectivity index (χ4n) is 2.24. The second-order valence-electron chi connectivity index (χ2n) is 4.83. The summed E-state index contributed by atoms with van der Waals surface area (Å²) in [6.07, 6.45) is 0. The Balaban J connectivity index is 2.39. The number of phenols is 2. The number of methoxy groups -OCH3 is 1. The van der Waals surface area contributed by atoms with Crippen LogP contribution in [0.25, 0.3) is 22.3 Å². The van der Waals surface area contributed by atoms with E-state index in [4.69, 9.17) is 44.0 Å². The minimum absolute atomic E-state index is 0.0415. The standard InChI is InChI=1S/C16H9Cl3O5/c1-23-7-4-2-6(3-5-7)15-10(18)13(21)8-12(20)9(17)14(22)11(19)16(8)24-15/h2-5,20,22H,1H3. The Morgan fingerprint density at radius 1 is 0.958 bits per heavy atom. The summed E-state index contributed by atoms with van der Waals surface area (Å²) < 4.78 is 10.7. The summed E-state index contributed by atoms with van der Waals surface area (Å²) in [5.41, 5.74) is -0.439. The summed E-state index contributed by atoms with van der Waals surface area (Å²) in [6.45, 7) is 0. The van der Waals surface area contributed by atoms with Gasteiger partial charge in [0.05, 0.1) is 7.11 Å². The van der Waals surface area contributed by atoms with Crippen LogP contribution in [0.1, 0.15) is 0 Å². The Hall–Kier alpha value is -2.08. The molecule has 0 amide bonds. The first-order valence-corrected chi connectivity index (χ1v) is 7.69. The molecule has 1 aromatic heterocycles. The molecule has 0 radical (unpaired) electrons. The summed E-state index contributed by atoms with van der Waals surface area (Å²) in [5.74, 6) is -0.585. The van der Waals surface area contributed by atoms with Crippen LogP contribution in [-0.2, 0) is 0 Å². The molecule has 5 nitrogen and oxygen atoms in total. The molecule has 8 heteroatoms. The highest BCUT2D eigenvalue weighted by atomic mass is 35.5. The predicted octanol–water partition coefficient (Wildman–Crippen LogP) is 4.84. The van der Waals surface area contributed by atoms with Gasteiger partial charge in [-0.2, -0.15) is 0 Å². The summed E-state index contributed by atoms with van der Waals surface area (Å²) in [4.78, 5) is 12.5. The third-order valence-corrected chi connectivity index (χ3v) is 4.52. The van der Waals surface area contributed by atoms with Crippen molar-refractivity contribution in [1.29, 1.82) is 0 Å². The van der Waals surface area contributed by atoms with Gasteiger partial charge in [0.15, 0.2) is 22.8 Å². The van der Waals surface area contributed by atoms with E-state index in [-0.39, 0.29) is 26.8 Å². The van der Waals surface area contributed by atoms with Gasteiger partial charge >= 0.3 is 0 Å². The van der Waals surface area contributed by atoms with Gasteiger partial charge in [0, 0.05) is 5.56 Å². The van der Waals surface area contributed by atoms with Gasteiger partial charge in [0.2, 0.25) is 5.43 Å². The second-order valence-corrected chi connectivity index (χ2v) is 5.97. The molecule has 0 aliphatic rings. The highest BCUT2D eigenvalue weighted by Gasteiger charge is 2.24. The number of fused-ring (bicyclic) bond motifs is 1. The van der Waals surface area contributed by atoms with E-state index >= 15 is 0 Å². The lowest BCUT2D eigenvalue weighted by Gasteiger charge is -2.11. The van der Waals surface area contributed by atoms with Crippen LogP contribution >= 0.6 is 34.8 Å². The monoisotopic (exact) mass is 386 g/mol. The molecule has 1 heterocycles. The molecule has 0 saturated heterocycles. The van der Waals surface area contributed by atoms with Crippen molar-refractivity contribution in [2.75, 3.05) is 7.11 Å². The minimum atomic E-state index is -0.718. The molecule has 124 valence electrons. The molecule has 2 N–H and O–H groups in total. The largest absolute Gasteiger partial charge is 0.505 e. The van der Waals surface area contributed by atoms with Gasteiger partial charge in [-0.25, -0.2) is 0 Å². The maximum absolute atomic E-state index is 12.5. The number of halogens is 3. The van der Waals surface area contributed by atoms with Crippen LogP contribution in [0, 0.1) is 0 Å². The first-order chi connectivity index (χ1) is 11.4.